The van der Waals surface area contributed by atoms with Gasteiger partial charge in [0.1, 0.15) is 5.75 Å². The second-order valence-corrected chi connectivity index (χ2v) is 5.22. The van der Waals surface area contributed by atoms with E-state index in [0.717, 1.165) is 11.4 Å². The predicted molar refractivity (Wildman–Crippen MR) is 83.7 cm³/mol. The number of hydrogen-bond donors (Lipinski definition) is 2. The molecule has 6 heteroatoms. The Labute approximate surface area is 129 Å². The summed E-state index contributed by atoms with van der Waals surface area (Å²) < 4.78 is 6.98. The highest BCUT2D eigenvalue weighted by molar-refractivity contribution is 6.31. The number of ether oxygens (including phenoxy) is 1. The molecule has 0 spiro atoms. The molecule has 2 aromatic rings. The van der Waals surface area contributed by atoms with Gasteiger partial charge >= 0.3 is 0 Å². The summed E-state index contributed by atoms with van der Waals surface area (Å²) in [7, 11) is 1.55. The maximum atomic E-state index is 10.5. The molecule has 1 atom stereocenters. The number of hydrogen-bond acceptors (Lipinski definition) is 4. The van der Waals surface area contributed by atoms with Gasteiger partial charge in [-0.3, -0.25) is 4.68 Å². The molecule has 0 aliphatic carbocycles. The van der Waals surface area contributed by atoms with Crippen molar-refractivity contribution in [1.29, 1.82) is 0 Å². The molecular formula is C15H20ClN3O2. The Morgan fingerprint density at radius 3 is 2.81 bits per heavy atom. The molecule has 0 aliphatic heterocycles. The zero-order chi connectivity index (χ0) is 15.6. The Balaban J connectivity index is 2.32. The number of rotatable bonds is 5. The van der Waals surface area contributed by atoms with E-state index in [1.54, 1.807) is 30.0 Å². The SMILES string of the molecule is CCn1nc(C)c(Cl)c1CC(O)c1cccc(OC)c1N. The number of aryl methyl sites for hydroxylation is 2. The van der Waals surface area contributed by atoms with Gasteiger partial charge in [0.2, 0.25) is 0 Å². The summed E-state index contributed by atoms with van der Waals surface area (Å²) in [6, 6.07) is 5.35. The van der Waals surface area contributed by atoms with Gasteiger partial charge in [0.25, 0.3) is 0 Å². The molecule has 0 saturated heterocycles. The summed E-state index contributed by atoms with van der Waals surface area (Å²) in [6.07, 6.45) is -0.413. The van der Waals surface area contributed by atoms with E-state index >= 15 is 0 Å². The Hall–Kier alpha value is -1.72. The number of aliphatic hydroxyl groups is 1. The van der Waals surface area contributed by atoms with Crippen molar-refractivity contribution in [2.24, 2.45) is 0 Å². The zero-order valence-corrected chi connectivity index (χ0v) is 13.2. The minimum absolute atomic E-state index is 0.352. The highest BCUT2D eigenvalue weighted by Gasteiger charge is 2.20. The van der Waals surface area contributed by atoms with E-state index in [1.807, 2.05) is 13.8 Å². The van der Waals surface area contributed by atoms with Crippen LogP contribution in [0.25, 0.3) is 0 Å². The van der Waals surface area contributed by atoms with Crippen molar-refractivity contribution in [2.75, 3.05) is 12.8 Å². The van der Waals surface area contributed by atoms with Crippen molar-refractivity contribution < 1.29 is 9.84 Å². The molecular weight excluding hydrogens is 290 g/mol. The Morgan fingerprint density at radius 1 is 1.48 bits per heavy atom. The normalized spacial score (nSPS) is 12.4. The lowest BCUT2D eigenvalue weighted by Gasteiger charge is -2.16. The first-order valence-corrected chi connectivity index (χ1v) is 7.19. The number of aliphatic hydroxyl groups excluding tert-OH is 1. The molecule has 114 valence electrons. The van der Waals surface area contributed by atoms with Gasteiger partial charge in [0.05, 0.1) is 35.3 Å². The molecule has 5 nitrogen and oxygen atoms in total. The van der Waals surface area contributed by atoms with Crippen LogP contribution < -0.4 is 10.5 Å². The summed E-state index contributed by atoms with van der Waals surface area (Å²) >= 11 is 6.27. The van der Waals surface area contributed by atoms with Gasteiger partial charge in [0, 0.05) is 18.5 Å². The molecule has 0 aliphatic rings. The van der Waals surface area contributed by atoms with Crippen LogP contribution in [0.4, 0.5) is 5.69 Å². The Kier molecular flexibility index (Phi) is 4.75. The smallest absolute Gasteiger partial charge is 0.142 e. The monoisotopic (exact) mass is 309 g/mol. The molecule has 1 aromatic carbocycles. The van der Waals surface area contributed by atoms with E-state index in [4.69, 9.17) is 22.1 Å². The minimum atomic E-state index is -0.765. The predicted octanol–water partition coefficient (Wildman–Crippen LogP) is 2.73. The van der Waals surface area contributed by atoms with E-state index in [1.165, 1.54) is 0 Å². The van der Waals surface area contributed by atoms with Crippen molar-refractivity contribution in [1.82, 2.24) is 9.78 Å². The van der Waals surface area contributed by atoms with E-state index in [2.05, 4.69) is 5.10 Å². The summed E-state index contributed by atoms with van der Waals surface area (Å²) in [5.74, 6) is 0.554. The van der Waals surface area contributed by atoms with Crippen molar-refractivity contribution in [3.05, 3.63) is 40.2 Å². The lowest BCUT2D eigenvalue weighted by atomic mass is 10.0. The molecule has 1 aromatic heterocycles. The van der Waals surface area contributed by atoms with Crippen LogP contribution in [0.1, 0.15) is 30.0 Å². The van der Waals surface area contributed by atoms with Crippen molar-refractivity contribution >= 4 is 17.3 Å². The summed E-state index contributed by atoms with van der Waals surface area (Å²) in [5.41, 5.74) is 8.68. The third-order valence-corrected chi connectivity index (χ3v) is 4.01. The van der Waals surface area contributed by atoms with Gasteiger partial charge in [-0.1, -0.05) is 23.7 Å². The van der Waals surface area contributed by atoms with Crippen LogP contribution >= 0.6 is 11.6 Å². The Morgan fingerprint density at radius 2 is 2.19 bits per heavy atom. The Bertz CT molecular complexity index is 640. The van der Waals surface area contributed by atoms with Gasteiger partial charge in [0.15, 0.2) is 0 Å². The topological polar surface area (TPSA) is 73.3 Å². The molecule has 0 radical (unpaired) electrons. The van der Waals surface area contributed by atoms with Gasteiger partial charge in [-0.15, -0.1) is 0 Å². The lowest BCUT2D eigenvalue weighted by molar-refractivity contribution is 0.176. The molecule has 0 amide bonds. The quantitative estimate of drug-likeness (QED) is 0.833. The first-order chi connectivity index (χ1) is 9.99. The second kappa shape index (κ2) is 6.37. The molecule has 21 heavy (non-hydrogen) atoms. The number of methoxy groups -OCH3 is 1. The molecule has 0 saturated carbocycles. The first-order valence-electron chi connectivity index (χ1n) is 6.81. The third-order valence-electron chi connectivity index (χ3n) is 3.52. The minimum Gasteiger partial charge on any atom is -0.495 e. The van der Waals surface area contributed by atoms with Crippen LogP contribution in [0.2, 0.25) is 5.02 Å². The first kappa shape index (κ1) is 15.7. The number of halogens is 1. The molecule has 3 N–H and O–H groups in total. The summed E-state index contributed by atoms with van der Waals surface area (Å²) in [6.45, 7) is 4.53. The summed E-state index contributed by atoms with van der Waals surface area (Å²) in [5, 5.41) is 15.4. The maximum absolute atomic E-state index is 10.5. The number of nitrogens with two attached hydrogens (primary N) is 1. The largest absolute Gasteiger partial charge is 0.495 e. The molecule has 0 fully saturated rings. The number of para-hydroxylation sites is 1. The van der Waals surface area contributed by atoms with Crippen molar-refractivity contribution in [2.45, 2.75) is 32.9 Å². The third kappa shape index (κ3) is 2.99. The molecule has 1 unspecified atom stereocenters. The van der Waals surface area contributed by atoms with Crippen LogP contribution in [0, 0.1) is 6.92 Å². The fraction of sp³-hybridized carbons (Fsp3) is 0.400. The van der Waals surface area contributed by atoms with Crippen LogP contribution in [-0.4, -0.2) is 22.0 Å². The van der Waals surface area contributed by atoms with Crippen molar-refractivity contribution in [3.63, 3.8) is 0 Å². The van der Waals surface area contributed by atoms with E-state index < -0.39 is 6.10 Å². The van der Waals surface area contributed by atoms with Gasteiger partial charge in [-0.05, 0) is 19.9 Å². The van der Waals surface area contributed by atoms with E-state index in [-0.39, 0.29) is 0 Å². The number of benzene rings is 1. The zero-order valence-electron chi connectivity index (χ0n) is 12.4. The van der Waals surface area contributed by atoms with Crippen molar-refractivity contribution in [3.8, 4) is 5.75 Å². The summed E-state index contributed by atoms with van der Waals surface area (Å²) in [4.78, 5) is 0. The average Bonchev–Trinajstić information content (AvgIpc) is 2.75. The fourth-order valence-corrected chi connectivity index (χ4v) is 2.60. The molecule has 0 bridgehead atoms. The maximum Gasteiger partial charge on any atom is 0.142 e. The van der Waals surface area contributed by atoms with E-state index in [0.29, 0.717) is 35.0 Å². The molecule has 1 heterocycles. The number of nitrogen functional groups attached to an aromatic ring is 1. The van der Waals surface area contributed by atoms with Crippen LogP contribution in [0.5, 0.6) is 5.75 Å². The second-order valence-electron chi connectivity index (χ2n) is 4.84. The van der Waals surface area contributed by atoms with Gasteiger partial charge in [-0.2, -0.15) is 5.10 Å². The van der Waals surface area contributed by atoms with Gasteiger partial charge < -0.3 is 15.6 Å². The number of nitrogens with zero attached hydrogens (tertiary/aromatic N) is 2. The number of anilines is 1. The van der Waals surface area contributed by atoms with Crippen LogP contribution in [0.15, 0.2) is 18.2 Å². The molecule has 2 rings (SSSR count). The lowest BCUT2D eigenvalue weighted by Crippen LogP contribution is -2.11. The average molecular weight is 310 g/mol. The highest BCUT2D eigenvalue weighted by Crippen LogP contribution is 2.32. The number of aromatic nitrogens is 2. The van der Waals surface area contributed by atoms with Crippen LogP contribution in [-0.2, 0) is 13.0 Å². The fourth-order valence-electron chi connectivity index (χ4n) is 2.39. The highest BCUT2D eigenvalue weighted by atomic mass is 35.5. The van der Waals surface area contributed by atoms with E-state index in [9.17, 15) is 5.11 Å². The van der Waals surface area contributed by atoms with Crippen LogP contribution in [0.3, 0.4) is 0 Å². The van der Waals surface area contributed by atoms with Gasteiger partial charge in [-0.25, -0.2) is 0 Å². The standard InChI is InChI=1S/C15H20ClN3O2/c1-4-19-11(14(16)9(2)18-19)8-12(20)10-6-5-7-13(21-3)15(10)17/h5-7,12,20H,4,8,17H2,1-3H3.